The summed E-state index contributed by atoms with van der Waals surface area (Å²) in [6.45, 7) is 1.18. The van der Waals surface area contributed by atoms with Crippen LogP contribution in [-0.2, 0) is 0 Å². The molecule has 0 radical (unpaired) electrons. The van der Waals surface area contributed by atoms with Crippen LogP contribution in [0.25, 0.3) is 0 Å². The Bertz CT molecular complexity index is 723. The molecule has 2 aromatic heterocycles. The summed E-state index contributed by atoms with van der Waals surface area (Å²) in [5, 5.41) is 0. The summed E-state index contributed by atoms with van der Waals surface area (Å²) >= 11 is 0. The van der Waals surface area contributed by atoms with Crippen molar-refractivity contribution in [3.05, 3.63) is 36.3 Å². The van der Waals surface area contributed by atoms with Crippen molar-refractivity contribution in [2.24, 2.45) is 0 Å². The third-order valence-electron chi connectivity index (χ3n) is 3.94. The predicted octanol–water partition coefficient (Wildman–Crippen LogP) is 1.57. The van der Waals surface area contributed by atoms with Crippen LogP contribution in [0.5, 0.6) is 17.6 Å². The van der Waals surface area contributed by atoms with Gasteiger partial charge in [-0.05, 0) is 18.9 Å². The van der Waals surface area contributed by atoms with Gasteiger partial charge in [0.15, 0.2) is 0 Å². The van der Waals surface area contributed by atoms with Gasteiger partial charge in [-0.3, -0.25) is 9.78 Å². The average Bonchev–Trinajstić information content (AvgIpc) is 2.68. The van der Waals surface area contributed by atoms with Crippen molar-refractivity contribution in [1.29, 1.82) is 0 Å². The molecule has 1 aliphatic heterocycles. The first kappa shape index (κ1) is 16.9. The molecule has 25 heavy (non-hydrogen) atoms. The second-order valence-electron chi connectivity index (χ2n) is 5.62. The zero-order valence-corrected chi connectivity index (χ0v) is 14.2. The summed E-state index contributed by atoms with van der Waals surface area (Å²) in [4.78, 5) is 26.7. The van der Waals surface area contributed by atoms with Crippen molar-refractivity contribution in [3.8, 4) is 17.6 Å². The summed E-state index contributed by atoms with van der Waals surface area (Å²) in [6.07, 6.45) is 6.15. The van der Waals surface area contributed by atoms with Crippen molar-refractivity contribution >= 4 is 5.91 Å². The quantitative estimate of drug-likeness (QED) is 0.813. The Morgan fingerprint density at radius 2 is 1.92 bits per heavy atom. The summed E-state index contributed by atoms with van der Waals surface area (Å²) < 4.78 is 15.9. The van der Waals surface area contributed by atoms with Gasteiger partial charge in [-0.15, -0.1) is 0 Å². The normalized spacial score (nSPS) is 17.0. The maximum absolute atomic E-state index is 12.6. The number of methoxy groups -OCH3 is 2. The first-order chi connectivity index (χ1) is 12.2. The number of ether oxygens (including phenoxy) is 3. The molecule has 2 aromatic rings. The van der Waals surface area contributed by atoms with Crippen LogP contribution in [0.15, 0.2) is 30.7 Å². The molecule has 0 bridgehead atoms. The second kappa shape index (κ2) is 7.78. The summed E-state index contributed by atoms with van der Waals surface area (Å²) in [7, 11) is 3.07. The highest BCUT2D eigenvalue weighted by atomic mass is 16.5. The van der Waals surface area contributed by atoms with Gasteiger partial charge in [0.1, 0.15) is 6.10 Å². The van der Waals surface area contributed by atoms with E-state index in [1.165, 1.54) is 32.8 Å². The maximum Gasteiger partial charge on any atom is 0.255 e. The summed E-state index contributed by atoms with van der Waals surface area (Å²) in [6, 6.07) is 3.39. The van der Waals surface area contributed by atoms with Crippen LogP contribution >= 0.6 is 0 Å². The molecular weight excluding hydrogens is 324 g/mol. The van der Waals surface area contributed by atoms with Gasteiger partial charge < -0.3 is 19.1 Å². The van der Waals surface area contributed by atoms with Gasteiger partial charge in [-0.1, -0.05) is 0 Å². The van der Waals surface area contributed by atoms with Gasteiger partial charge in [-0.2, -0.15) is 4.98 Å². The van der Waals surface area contributed by atoms with E-state index in [0.717, 1.165) is 12.8 Å². The summed E-state index contributed by atoms with van der Waals surface area (Å²) in [5.74, 6) is 1.20. The molecule has 3 rings (SSSR count). The van der Waals surface area contributed by atoms with Crippen LogP contribution in [0.2, 0.25) is 0 Å². The van der Waals surface area contributed by atoms with Crippen LogP contribution in [-0.4, -0.2) is 59.2 Å². The molecule has 0 spiro atoms. The Labute approximate surface area is 145 Å². The fourth-order valence-electron chi connectivity index (χ4n) is 2.69. The first-order valence-corrected chi connectivity index (χ1v) is 8.01. The van der Waals surface area contributed by atoms with E-state index >= 15 is 0 Å². The van der Waals surface area contributed by atoms with Gasteiger partial charge in [0, 0.05) is 18.8 Å². The largest absolute Gasteiger partial charge is 0.481 e. The van der Waals surface area contributed by atoms with E-state index in [9.17, 15) is 4.79 Å². The monoisotopic (exact) mass is 344 g/mol. The van der Waals surface area contributed by atoms with Crippen molar-refractivity contribution < 1.29 is 19.0 Å². The van der Waals surface area contributed by atoms with Gasteiger partial charge in [0.05, 0.1) is 38.7 Å². The van der Waals surface area contributed by atoms with Gasteiger partial charge in [-0.25, -0.2) is 4.98 Å². The molecule has 0 saturated carbocycles. The minimum absolute atomic E-state index is 0.0693. The van der Waals surface area contributed by atoms with E-state index in [0.29, 0.717) is 36.3 Å². The minimum atomic E-state index is -0.134. The van der Waals surface area contributed by atoms with E-state index in [-0.39, 0.29) is 12.0 Å². The number of hydrogen-bond acceptors (Lipinski definition) is 7. The number of piperidine rings is 1. The molecule has 1 saturated heterocycles. The maximum atomic E-state index is 12.6. The lowest BCUT2D eigenvalue weighted by molar-refractivity contribution is 0.0525. The number of nitrogens with zero attached hydrogens (tertiary/aromatic N) is 4. The standard InChI is InChI=1S/C17H20N4O4/c1-23-14-6-5-12(8-19-14)17(22)21-7-3-4-13(11-21)25-16-10-18-9-15(20-16)24-2/h5-6,8-10,13H,3-4,7,11H2,1-2H3. The molecule has 1 unspecified atom stereocenters. The Kier molecular flexibility index (Phi) is 5.27. The first-order valence-electron chi connectivity index (χ1n) is 8.01. The van der Waals surface area contributed by atoms with Crippen LogP contribution < -0.4 is 14.2 Å². The molecule has 1 aliphatic rings. The van der Waals surface area contributed by atoms with E-state index in [1.54, 1.807) is 17.0 Å². The molecule has 1 atom stereocenters. The molecule has 8 nitrogen and oxygen atoms in total. The number of amides is 1. The van der Waals surface area contributed by atoms with Crippen LogP contribution in [0.1, 0.15) is 23.2 Å². The Morgan fingerprint density at radius 1 is 1.12 bits per heavy atom. The third-order valence-corrected chi connectivity index (χ3v) is 3.94. The zero-order chi connectivity index (χ0) is 17.6. The summed E-state index contributed by atoms with van der Waals surface area (Å²) in [5.41, 5.74) is 0.530. The van der Waals surface area contributed by atoms with E-state index in [1.807, 2.05) is 0 Å². The molecular formula is C17H20N4O4. The Hall–Kier alpha value is -2.90. The molecule has 8 heteroatoms. The Morgan fingerprint density at radius 3 is 2.64 bits per heavy atom. The number of carbonyl (C=O) groups is 1. The van der Waals surface area contributed by atoms with Crippen molar-refractivity contribution in [2.75, 3.05) is 27.3 Å². The highest BCUT2D eigenvalue weighted by Crippen LogP contribution is 2.20. The zero-order valence-electron chi connectivity index (χ0n) is 14.2. The van der Waals surface area contributed by atoms with Crippen LogP contribution in [0.4, 0.5) is 0 Å². The van der Waals surface area contributed by atoms with E-state index < -0.39 is 0 Å². The lowest BCUT2D eigenvalue weighted by Gasteiger charge is -2.32. The number of carbonyl (C=O) groups excluding carboxylic acids is 1. The molecule has 0 aromatic carbocycles. The van der Waals surface area contributed by atoms with Gasteiger partial charge >= 0.3 is 0 Å². The lowest BCUT2D eigenvalue weighted by atomic mass is 10.1. The topological polar surface area (TPSA) is 86.7 Å². The average molecular weight is 344 g/mol. The van der Waals surface area contributed by atoms with Crippen LogP contribution in [0.3, 0.4) is 0 Å². The van der Waals surface area contributed by atoms with Crippen molar-refractivity contribution in [3.63, 3.8) is 0 Å². The van der Waals surface area contributed by atoms with Crippen molar-refractivity contribution in [2.45, 2.75) is 18.9 Å². The highest BCUT2D eigenvalue weighted by Gasteiger charge is 2.26. The Balaban J connectivity index is 1.64. The molecule has 0 N–H and O–H groups in total. The fourth-order valence-corrected chi connectivity index (χ4v) is 2.69. The van der Waals surface area contributed by atoms with Gasteiger partial charge in [0.25, 0.3) is 5.91 Å². The number of aromatic nitrogens is 3. The fraction of sp³-hybridized carbons (Fsp3) is 0.412. The smallest absolute Gasteiger partial charge is 0.255 e. The SMILES string of the molecule is COc1ccc(C(=O)N2CCCC(Oc3cncc(OC)n3)C2)cn1. The molecule has 0 aliphatic carbocycles. The van der Waals surface area contributed by atoms with E-state index in [2.05, 4.69) is 15.0 Å². The molecule has 3 heterocycles. The van der Waals surface area contributed by atoms with Crippen molar-refractivity contribution in [1.82, 2.24) is 19.9 Å². The number of likely N-dealkylation sites (tertiary alicyclic amines) is 1. The van der Waals surface area contributed by atoms with Crippen LogP contribution in [0, 0.1) is 0 Å². The molecule has 1 amide bonds. The third kappa shape index (κ3) is 4.14. The number of pyridine rings is 1. The van der Waals surface area contributed by atoms with Gasteiger partial charge in [0.2, 0.25) is 17.6 Å². The lowest BCUT2D eigenvalue weighted by Crippen LogP contribution is -2.44. The molecule has 1 fully saturated rings. The minimum Gasteiger partial charge on any atom is -0.481 e. The number of hydrogen-bond donors (Lipinski definition) is 0. The number of rotatable bonds is 5. The second-order valence-corrected chi connectivity index (χ2v) is 5.62. The predicted molar refractivity (Wildman–Crippen MR) is 88.9 cm³/mol. The highest BCUT2D eigenvalue weighted by molar-refractivity contribution is 5.94. The molecule has 132 valence electrons. The van der Waals surface area contributed by atoms with E-state index in [4.69, 9.17) is 14.2 Å².